The van der Waals surface area contributed by atoms with Gasteiger partial charge in [-0.3, -0.25) is 9.59 Å². The Labute approximate surface area is 192 Å². The average Bonchev–Trinajstić information content (AvgIpc) is 3.05. The Hall–Kier alpha value is -3.57. The van der Waals surface area contributed by atoms with Crippen molar-refractivity contribution in [3.8, 4) is 5.75 Å². The van der Waals surface area contributed by atoms with E-state index in [2.05, 4.69) is 12.2 Å². The van der Waals surface area contributed by atoms with Crippen molar-refractivity contribution >= 4 is 40.4 Å². The zero-order valence-corrected chi connectivity index (χ0v) is 18.9. The van der Waals surface area contributed by atoms with Crippen LogP contribution in [0.2, 0.25) is 5.02 Å². The third-order valence-electron chi connectivity index (χ3n) is 5.51. The molecule has 4 rings (SSSR count). The predicted octanol–water partition coefficient (Wildman–Crippen LogP) is 5.62. The number of anilines is 2. The number of methoxy groups -OCH3 is 1. The highest BCUT2D eigenvalue weighted by Crippen LogP contribution is 2.38. The molecule has 1 aliphatic heterocycles. The molecule has 0 atom stereocenters. The molecule has 0 aromatic heterocycles. The summed E-state index contributed by atoms with van der Waals surface area (Å²) in [5.41, 5.74) is 4.17. The molecular weight excluding hydrogens is 424 g/mol. The molecule has 3 aromatic carbocycles. The number of amides is 2. The maximum atomic E-state index is 13.6. The third-order valence-corrected chi connectivity index (χ3v) is 5.91. The van der Waals surface area contributed by atoms with Crippen LogP contribution in [0.1, 0.15) is 23.6 Å². The quantitative estimate of drug-likeness (QED) is 0.499. The Morgan fingerprint density at radius 1 is 0.969 bits per heavy atom. The molecule has 6 heteroatoms. The fraction of sp³-hybridized carbons (Fsp3) is 0.154. The van der Waals surface area contributed by atoms with Crippen LogP contribution in [0.15, 0.2) is 72.4 Å². The highest BCUT2D eigenvalue weighted by molar-refractivity contribution is 6.46. The van der Waals surface area contributed by atoms with E-state index in [1.165, 1.54) is 12.7 Å². The number of carbonyl (C=O) groups is 2. The number of hydrogen-bond donors (Lipinski definition) is 1. The van der Waals surface area contributed by atoms with Crippen LogP contribution in [-0.4, -0.2) is 18.9 Å². The molecule has 0 unspecified atom stereocenters. The molecule has 2 amide bonds. The van der Waals surface area contributed by atoms with Gasteiger partial charge in [0.25, 0.3) is 11.8 Å². The van der Waals surface area contributed by atoms with E-state index in [-0.39, 0.29) is 11.3 Å². The summed E-state index contributed by atoms with van der Waals surface area (Å²) in [5, 5.41) is 3.66. The number of imide groups is 1. The van der Waals surface area contributed by atoms with Crippen LogP contribution >= 0.6 is 11.6 Å². The normalized spacial score (nSPS) is 13.7. The van der Waals surface area contributed by atoms with Gasteiger partial charge in [-0.25, -0.2) is 4.90 Å². The van der Waals surface area contributed by atoms with Crippen LogP contribution in [0.25, 0.3) is 5.57 Å². The Kier molecular flexibility index (Phi) is 6.01. The van der Waals surface area contributed by atoms with Gasteiger partial charge in [0, 0.05) is 16.3 Å². The number of carbonyl (C=O) groups excluding carboxylic acids is 2. The zero-order chi connectivity index (χ0) is 22.8. The molecular formula is C26H23ClN2O3. The SMILES string of the molecule is CCc1ccc(NC2=C(c3ccccc3OC)C(=O)N(c3ccc(C)c(Cl)c3)C2=O)cc1. The van der Waals surface area contributed by atoms with Crippen molar-refractivity contribution in [1.29, 1.82) is 0 Å². The van der Waals surface area contributed by atoms with Crippen LogP contribution in [0.5, 0.6) is 5.75 Å². The van der Waals surface area contributed by atoms with E-state index < -0.39 is 11.8 Å². The van der Waals surface area contributed by atoms with Gasteiger partial charge >= 0.3 is 0 Å². The summed E-state index contributed by atoms with van der Waals surface area (Å²) in [6.07, 6.45) is 0.912. The molecule has 0 fully saturated rings. The molecule has 0 bridgehead atoms. The summed E-state index contributed by atoms with van der Waals surface area (Å²) in [7, 11) is 1.54. The third kappa shape index (κ3) is 3.87. The van der Waals surface area contributed by atoms with E-state index in [9.17, 15) is 9.59 Å². The highest BCUT2D eigenvalue weighted by atomic mass is 35.5. The van der Waals surface area contributed by atoms with Gasteiger partial charge in [-0.2, -0.15) is 0 Å². The van der Waals surface area contributed by atoms with Crippen LogP contribution in [-0.2, 0) is 16.0 Å². The Balaban J connectivity index is 1.84. The molecule has 1 N–H and O–H groups in total. The van der Waals surface area contributed by atoms with Crippen LogP contribution < -0.4 is 15.0 Å². The summed E-state index contributed by atoms with van der Waals surface area (Å²) in [6.45, 7) is 3.94. The maximum absolute atomic E-state index is 13.6. The van der Waals surface area contributed by atoms with Crippen molar-refractivity contribution in [3.05, 3.63) is 94.1 Å². The van der Waals surface area contributed by atoms with Gasteiger partial charge in [0.2, 0.25) is 0 Å². The first kappa shape index (κ1) is 21.7. The van der Waals surface area contributed by atoms with Crippen molar-refractivity contribution < 1.29 is 14.3 Å². The van der Waals surface area contributed by atoms with Crippen LogP contribution in [0.4, 0.5) is 11.4 Å². The molecule has 3 aromatic rings. The van der Waals surface area contributed by atoms with Crippen molar-refractivity contribution in [3.63, 3.8) is 0 Å². The minimum Gasteiger partial charge on any atom is -0.496 e. The van der Waals surface area contributed by atoms with E-state index in [1.807, 2.05) is 43.3 Å². The molecule has 5 nitrogen and oxygen atoms in total. The lowest BCUT2D eigenvalue weighted by Gasteiger charge is -2.16. The van der Waals surface area contributed by atoms with Crippen molar-refractivity contribution in [2.45, 2.75) is 20.3 Å². The van der Waals surface area contributed by atoms with Gasteiger partial charge in [-0.05, 0) is 54.8 Å². The first-order valence-electron chi connectivity index (χ1n) is 10.3. The van der Waals surface area contributed by atoms with Crippen LogP contribution in [0.3, 0.4) is 0 Å². The van der Waals surface area contributed by atoms with E-state index >= 15 is 0 Å². The van der Waals surface area contributed by atoms with Gasteiger partial charge in [0.1, 0.15) is 11.4 Å². The Morgan fingerprint density at radius 3 is 2.34 bits per heavy atom. The summed E-state index contributed by atoms with van der Waals surface area (Å²) in [4.78, 5) is 28.3. The van der Waals surface area contributed by atoms with Gasteiger partial charge in [0.15, 0.2) is 0 Å². The Bertz CT molecular complexity index is 1230. The van der Waals surface area contributed by atoms with Crippen LogP contribution in [0, 0.1) is 6.92 Å². The fourth-order valence-electron chi connectivity index (χ4n) is 3.67. The molecule has 0 aliphatic carbocycles. The highest BCUT2D eigenvalue weighted by Gasteiger charge is 2.41. The number of ether oxygens (including phenoxy) is 1. The number of hydrogen-bond acceptors (Lipinski definition) is 4. The second kappa shape index (κ2) is 8.89. The number of para-hydroxylation sites is 1. The Morgan fingerprint density at radius 2 is 1.69 bits per heavy atom. The summed E-state index contributed by atoms with van der Waals surface area (Å²) in [6, 6.07) is 20.1. The largest absolute Gasteiger partial charge is 0.496 e. The fourth-order valence-corrected chi connectivity index (χ4v) is 3.84. The second-order valence-corrected chi connectivity index (χ2v) is 7.91. The molecule has 1 heterocycles. The molecule has 162 valence electrons. The number of nitrogens with one attached hydrogen (secondary N) is 1. The first-order valence-corrected chi connectivity index (χ1v) is 10.7. The van der Waals surface area contributed by atoms with Gasteiger partial charge in [-0.15, -0.1) is 0 Å². The lowest BCUT2D eigenvalue weighted by Crippen LogP contribution is -2.32. The number of halogens is 1. The number of nitrogens with zero attached hydrogens (tertiary/aromatic N) is 1. The van der Waals surface area contributed by atoms with E-state index in [0.717, 1.165) is 22.6 Å². The minimum absolute atomic E-state index is 0.195. The van der Waals surface area contributed by atoms with E-state index in [4.69, 9.17) is 16.3 Å². The van der Waals surface area contributed by atoms with E-state index in [1.54, 1.807) is 30.3 Å². The van der Waals surface area contributed by atoms with Crippen molar-refractivity contribution in [2.24, 2.45) is 0 Å². The monoisotopic (exact) mass is 446 g/mol. The first-order chi connectivity index (χ1) is 15.4. The maximum Gasteiger partial charge on any atom is 0.282 e. The zero-order valence-electron chi connectivity index (χ0n) is 18.1. The molecule has 0 saturated carbocycles. The summed E-state index contributed by atoms with van der Waals surface area (Å²) < 4.78 is 5.48. The van der Waals surface area contributed by atoms with Gasteiger partial charge in [-0.1, -0.05) is 54.9 Å². The lowest BCUT2D eigenvalue weighted by molar-refractivity contribution is -0.120. The topological polar surface area (TPSA) is 58.6 Å². The van der Waals surface area contributed by atoms with E-state index in [0.29, 0.717) is 22.0 Å². The standard InChI is InChI=1S/C26H23ClN2O3/c1-4-17-10-12-18(13-11-17)28-24-23(20-7-5-6-8-22(20)32-3)25(30)29(26(24)31)19-14-9-16(2)21(27)15-19/h5-15,28H,4H2,1-3H3. The van der Waals surface area contributed by atoms with Crippen molar-refractivity contribution in [2.75, 3.05) is 17.3 Å². The molecule has 0 spiro atoms. The number of rotatable bonds is 6. The van der Waals surface area contributed by atoms with Crippen molar-refractivity contribution in [1.82, 2.24) is 0 Å². The lowest BCUT2D eigenvalue weighted by atomic mass is 10.0. The predicted molar refractivity (Wildman–Crippen MR) is 128 cm³/mol. The number of aryl methyl sites for hydroxylation is 2. The molecule has 1 aliphatic rings. The minimum atomic E-state index is -0.449. The smallest absolute Gasteiger partial charge is 0.282 e. The second-order valence-electron chi connectivity index (χ2n) is 7.50. The average molecular weight is 447 g/mol. The summed E-state index contributed by atoms with van der Waals surface area (Å²) in [5.74, 6) is -0.379. The van der Waals surface area contributed by atoms with Gasteiger partial charge in [0.05, 0.1) is 18.4 Å². The number of benzene rings is 3. The van der Waals surface area contributed by atoms with Gasteiger partial charge < -0.3 is 10.1 Å². The summed E-state index contributed by atoms with van der Waals surface area (Å²) >= 11 is 6.28. The molecule has 0 radical (unpaired) electrons. The molecule has 0 saturated heterocycles. The molecule has 32 heavy (non-hydrogen) atoms.